The highest BCUT2D eigenvalue weighted by molar-refractivity contribution is 14.1. The maximum absolute atomic E-state index is 14.2. The molecule has 0 aliphatic carbocycles. The molecule has 0 bridgehead atoms. The van der Waals surface area contributed by atoms with E-state index in [-0.39, 0.29) is 42.9 Å². The standard InChI is InChI=1S/C31H31IN2O4/c1-20-13-26(16-29(36)33-18-23-10-6-5-9-22(23)14-25(33)19-35)38-31(20)27-15-24(32)11-12-28(27)34(30(31)37)17-21-7-3-2-4-8-21/h2-12,15,20,25-26,35H,13-14,16-19H2,1H3/t20-,25-,26-,31+/m0/s1. The highest BCUT2D eigenvalue weighted by atomic mass is 127. The number of ether oxygens (including phenoxy) is 1. The summed E-state index contributed by atoms with van der Waals surface area (Å²) in [5.74, 6) is -0.176. The van der Waals surface area contributed by atoms with Crippen LogP contribution in [0.15, 0.2) is 72.8 Å². The summed E-state index contributed by atoms with van der Waals surface area (Å²) in [5.41, 5.74) is 4.04. The number of hydrogen-bond acceptors (Lipinski definition) is 4. The van der Waals surface area contributed by atoms with Gasteiger partial charge in [-0.2, -0.15) is 0 Å². The summed E-state index contributed by atoms with van der Waals surface area (Å²) < 4.78 is 7.72. The van der Waals surface area contributed by atoms with Crippen LogP contribution in [0, 0.1) is 9.49 Å². The topological polar surface area (TPSA) is 70.1 Å². The zero-order valence-electron chi connectivity index (χ0n) is 21.3. The average Bonchev–Trinajstić information content (AvgIpc) is 3.37. The first-order chi connectivity index (χ1) is 18.4. The van der Waals surface area contributed by atoms with E-state index in [2.05, 4.69) is 41.6 Å². The van der Waals surface area contributed by atoms with E-state index >= 15 is 0 Å². The molecule has 3 aromatic carbocycles. The zero-order valence-corrected chi connectivity index (χ0v) is 23.5. The van der Waals surface area contributed by atoms with Gasteiger partial charge in [-0.3, -0.25) is 9.59 Å². The Morgan fingerprint density at radius 3 is 2.58 bits per heavy atom. The first-order valence-corrected chi connectivity index (χ1v) is 14.3. The lowest BCUT2D eigenvalue weighted by Crippen LogP contribution is -2.47. The number of aliphatic hydroxyl groups excluding tert-OH is 1. The number of anilines is 1. The second-order valence-electron chi connectivity index (χ2n) is 10.7. The van der Waals surface area contributed by atoms with E-state index in [4.69, 9.17) is 4.74 Å². The second kappa shape index (κ2) is 10.1. The monoisotopic (exact) mass is 622 g/mol. The number of benzene rings is 3. The lowest BCUT2D eigenvalue weighted by atomic mass is 9.83. The number of carbonyl (C=O) groups is 2. The van der Waals surface area contributed by atoms with Crippen LogP contribution >= 0.6 is 22.6 Å². The predicted octanol–water partition coefficient (Wildman–Crippen LogP) is 4.79. The van der Waals surface area contributed by atoms with Crippen LogP contribution in [0.5, 0.6) is 0 Å². The van der Waals surface area contributed by atoms with Gasteiger partial charge < -0.3 is 19.6 Å². The number of carbonyl (C=O) groups excluding carboxylic acids is 2. The minimum atomic E-state index is -1.10. The first kappa shape index (κ1) is 25.5. The van der Waals surface area contributed by atoms with E-state index in [1.807, 2.05) is 65.6 Å². The largest absolute Gasteiger partial charge is 0.394 e. The molecule has 6 nitrogen and oxygen atoms in total. The number of nitrogens with zero attached hydrogens (tertiary/aromatic N) is 2. The summed E-state index contributed by atoms with van der Waals surface area (Å²) in [5, 5.41) is 10.1. The van der Waals surface area contributed by atoms with Crippen molar-refractivity contribution in [3.63, 3.8) is 0 Å². The summed E-state index contributed by atoms with van der Waals surface area (Å²) >= 11 is 2.28. The molecule has 7 heteroatoms. The molecule has 2 amide bonds. The van der Waals surface area contributed by atoms with E-state index in [1.165, 1.54) is 5.56 Å². The van der Waals surface area contributed by atoms with Crippen molar-refractivity contribution < 1.29 is 19.4 Å². The summed E-state index contributed by atoms with van der Waals surface area (Å²) in [7, 11) is 0. The Labute approximate surface area is 236 Å². The van der Waals surface area contributed by atoms with Gasteiger partial charge in [0.1, 0.15) is 0 Å². The Morgan fingerprint density at radius 1 is 1.08 bits per heavy atom. The van der Waals surface area contributed by atoms with Crippen molar-refractivity contribution in [1.82, 2.24) is 4.90 Å². The molecule has 196 valence electrons. The predicted molar refractivity (Wildman–Crippen MR) is 153 cm³/mol. The van der Waals surface area contributed by atoms with Gasteiger partial charge in [0.25, 0.3) is 5.91 Å². The fourth-order valence-corrected chi connectivity index (χ4v) is 6.94. The minimum Gasteiger partial charge on any atom is -0.394 e. The van der Waals surface area contributed by atoms with Gasteiger partial charge in [0.05, 0.1) is 37.4 Å². The van der Waals surface area contributed by atoms with Crippen molar-refractivity contribution in [3.05, 3.63) is 98.6 Å². The Hall–Kier alpha value is -2.75. The van der Waals surface area contributed by atoms with Crippen LogP contribution in [-0.4, -0.2) is 40.6 Å². The van der Waals surface area contributed by atoms with Gasteiger partial charge in [0.2, 0.25) is 5.91 Å². The normalized spacial score (nSPS) is 26.1. The number of fused-ring (bicyclic) bond motifs is 3. The van der Waals surface area contributed by atoms with Crippen molar-refractivity contribution in [2.75, 3.05) is 11.5 Å². The Kier molecular flexibility index (Phi) is 6.78. The van der Waals surface area contributed by atoms with Gasteiger partial charge >= 0.3 is 0 Å². The summed E-state index contributed by atoms with van der Waals surface area (Å²) in [6.07, 6.45) is 1.08. The van der Waals surface area contributed by atoms with E-state index < -0.39 is 5.60 Å². The molecule has 1 fully saturated rings. The molecule has 1 spiro atoms. The van der Waals surface area contributed by atoms with Gasteiger partial charge in [0, 0.05) is 21.6 Å². The fourth-order valence-electron chi connectivity index (χ4n) is 6.45. The molecule has 3 heterocycles. The number of hydrogen-bond donors (Lipinski definition) is 1. The van der Waals surface area contributed by atoms with Gasteiger partial charge in [0.15, 0.2) is 5.60 Å². The van der Waals surface area contributed by atoms with Gasteiger partial charge in [-0.25, -0.2) is 0 Å². The summed E-state index contributed by atoms with van der Waals surface area (Å²) in [4.78, 5) is 31.3. The molecule has 0 unspecified atom stereocenters. The lowest BCUT2D eigenvalue weighted by molar-refractivity contribution is -0.151. The molecule has 1 N–H and O–H groups in total. The van der Waals surface area contributed by atoms with Crippen molar-refractivity contribution >= 4 is 40.1 Å². The highest BCUT2D eigenvalue weighted by Gasteiger charge is 2.60. The zero-order chi connectivity index (χ0) is 26.4. The molecule has 4 atom stereocenters. The van der Waals surface area contributed by atoms with E-state index in [1.54, 1.807) is 4.90 Å². The first-order valence-electron chi connectivity index (χ1n) is 13.2. The molecule has 0 saturated carbocycles. The molecule has 1 saturated heterocycles. The molecular weight excluding hydrogens is 591 g/mol. The molecular formula is C31H31IN2O4. The maximum Gasteiger partial charge on any atom is 0.264 e. The third-order valence-electron chi connectivity index (χ3n) is 8.35. The third-order valence-corrected chi connectivity index (χ3v) is 9.02. The van der Waals surface area contributed by atoms with E-state index in [0.717, 1.165) is 25.9 Å². The van der Waals surface area contributed by atoms with Crippen LogP contribution in [0.25, 0.3) is 0 Å². The average molecular weight is 623 g/mol. The maximum atomic E-state index is 14.2. The molecule has 6 rings (SSSR count). The van der Waals surface area contributed by atoms with Gasteiger partial charge in [-0.1, -0.05) is 61.5 Å². The minimum absolute atomic E-state index is 0.0396. The summed E-state index contributed by atoms with van der Waals surface area (Å²) in [6, 6.07) is 23.9. The quantitative estimate of drug-likeness (QED) is 0.416. The van der Waals surface area contributed by atoms with Crippen LogP contribution in [0.3, 0.4) is 0 Å². The Bertz CT molecular complexity index is 1380. The third kappa shape index (κ3) is 4.25. The SMILES string of the molecule is C[C@H]1C[C@@H](CC(=O)N2Cc3ccccc3C[C@H]2CO)O[C@]12C(=O)N(Cc1ccccc1)c1ccc(I)cc12. The van der Waals surface area contributed by atoms with Crippen LogP contribution < -0.4 is 4.90 Å². The number of rotatable bonds is 5. The molecule has 3 aliphatic rings. The summed E-state index contributed by atoms with van der Waals surface area (Å²) in [6.45, 7) is 2.94. The van der Waals surface area contributed by atoms with Crippen molar-refractivity contribution in [2.45, 2.75) is 57.0 Å². The van der Waals surface area contributed by atoms with Gasteiger partial charge in [-0.05, 0) is 70.3 Å². The number of halogens is 1. The highest BCUT2D eigenvalue weighted by Crippen LogP contribution is 2.54. The molecule has 3 aromatic rings. The van der Waals surface area contributed by atoms with Gasteiger partial charge in [-0.15, -0.1) is 0 Å². The van der Waals surface area contributed by atoms with Crippen molar-refractivity contribution in [3.8, 4) is 0 Å². The number of amides is 2. The lowest BCUT2D eigenvalue weighted by Gasteiger charge is -2.36. The Balaban J connectivity index is 1.26. The van der Waals surface area contributed by atoms with Crippen LogP contribution in [0.1, 0.15) is 42.0 Å². The number of aliphatic hydroxyl groups is 1. The van der Waals surface area contributed by atoms with Crippen LogP contribution in [0.4, 0.5) is 5.69 Å². The van der Waals surface area contributed by atoms with E-state index in [9.17, 15) is 14.7 Å². The smallest absolute Gasteiger partial charge is 0.264 e. The molecule has 38 heavy (non-hydrogen) atoms. The fraction of sp³-hybridized carbons (Fsp3) is 0.355. The van der Waals surface area contributed by atoms with Crippen LogP contribution in [-0.2, 0) is 39.4 Å². The molecule has 3 aliphatic heterocycles. The second-order valence-corrected chi connectivity index (χ2v) is 11.9. The van der Waals surface area contributed by atoms with Crippen molar-refractivity contribution in [2.24, 2.45) is 5.92 Å². The van der Waals surface area contributed by atoms with Crippen molar-refractivity contribution in [1.29, 1.82) is 0 Å². The molecule has 0 aromatic heterocycles. The van der Waals surface area contributed by atoms with Crippen LogP contribution in [0.2, 0.25) is 0 Å². The molecule has 0 radical (unpaired) electrons. The Morgan fingerprint density at radius 2 is 1.82 bits per heavy atom. The van der Waals surface area contributed by atoms with E-state index in [0.29, 0.717) is 25.9 Å².